The third kappa shape index (κ3) is 8.12. The summed E-state index contributed by atoms with van der Waals surface area (Å²) in [5, 5.41) is 2.70. The average molecular weight is 663 g/mol. The number of nitrogens with zero attached hydrogens (tertiary/aromatic N) is 2. The Morgan fingerprint density at radius 3 is 1.98 bits per heavy atom. The zero-order chi connectivity index (χ0) is 31.1. The summed E-state index contributed by atoms with van der Waals surface area (Å²) in [5.41, 5.74) is 4.72. The molecular weight excluding hydrogens is 626 g/mol. The quantitative estimate of drug-likeness (QED) is 0.215. The van der Waals surface area contributed by atoms with Gasteiger partial charge < -0.3 is 10.2 Å². The minimum absolute atomic E-state index is 0.0802. The lowest BCUT2D eigenvalue weighted by Crippen LogP contribution is -2.53. The smallest absolute Gasteiger partial charge is 0.264 e. The highest BCUT2D eigenvalue weighted by molar-refractivity contribution is 9.10. The van der Waals surface area contributed by atoms with Crippen LogP contribution in [-0.4, -0.2) is 44.8 Å². The van der Waals surface area contributed by atoms with Crippen LogP contribution in [0.25, 0.3) is 0 Å². The van der Waals surface area contributed by atoms with Crippen molar-refractivity contribution in [2.75, 3.05) is 17.9 Å². The van der Waals surface area contributed by atoms with Crippen LogP contribution >= 0.6 is 15.9 Å². The van der Waals surface area contributed by atoms with Gasteiger partial charge in [-0.15, -0.1) is 0 Å². The maximum atomic E-state index is 14.4. The molecule has 1 atom stereocenters. The van der Waals surface area contributed by atoms with Gasteiger partial charge in [-0.05, 0) is 79.4 Å². The molecule has 4 rings (SSSR count). The van der Waals surface area contributed by atoms with Gasteiger partial charge >= 0.3 is 0 Å². The van der Waals surface area contributed by atoms with E-state index in [1.807, 2.05) is 81.4 Å². The molecule has 0 saturated carbocycles. The standard InChI is InChI=1S/C34H36BrN3O4S/c1-24-10-16-31(17-11-24)43(41,42)38(30-19-25(2)18-26(3)20-30)23-33(39)37(22-28-12-14-29(35)15-13-28)32(34(40)36-4)21-27-8-6-5-7-9-27/h5-20,32H,21-23H2,1-4H3,(H,36,40)/t32-/m0/s1. The van der Waals surface area contributed by atoms with Crippen LogP contribution in [0.15, 0.2) is 106 Å². The van der Waals surface area contributed by atoms with Gasteiger partial charge in [-0.3, -0.25) is 13.9 Å². The second kappa shape index (κ2) is 14.0. The largest absolute Gasteiger partial charge is 0.357 e. The van der Waals surface area contributed by atoms with Crippen molar-refractivity contribution < 1.29 is 18.0 Å². The Morgan fingerprint density at radius 2 is 1.40 bits per heavy atom. The van der Waals surface area contributed by atoms with Gasteiger partial charge in [0.1, 0.15) is 12.6 Å². The molecule has 0 heterocycles. The molecule has 4 aromatic carbocycles. The summed E-state index contributed by atoms with van der Waals surface area (Å²) in [6.07, 6.45) is 0.261. The van der Waals surface area contributed by atoms with Crippen LogP contribution in [0.3, 0.4) is 0 Å². The lowest BCUT2D eigenvalue weighted by Gasteiger charge is -2.33. The highest BCUT2D eigenvalue weighted by atomic mass is 79.9. The molecule has 224 valence electrons. The molecule has 0 aliphatic rings. The molecule has 0 unspecified atom stereocenters. The molecular formula is C34H36BrN3O4S. The van der Waals surface area contributed by atoms with Crippen molar-refractivity contribution in [1.82, 2.24) is 10.2 Å². The van der Waals surface area contributed by atoms with Crippen molar-refractivity contribution in [1.29, 1.82) is 0 Å². The van der Waals surface area contributed by atoms with E-state index in [1.54, 1.807) is 36.4 Å². The van der Waals surface area contributed by atoms with E-state index in [4.69, 9.17) is 0 Å². The minimum atomic E-state index is -4.14. The van der Waals surface area contributed by atoms with Crippen molar-refractivity contribution in [2.24, 2.45) is 0 Å². The number of nitrogens with one attached hydrogen (secondary N) is 1. The number of hydrogen-bond acceptors (Lipinski definition) is 4. The highest BCUT2D eigenvalue weighted by Crippen LogP contribution is 2.27. The van der Waals surface area contributed by atoms with Crippen LogP contribution in [0.2, 0.25) is 0 Å². The molecule has 0 fully saturated rings. The molecule has 0 saturated heterocycles. The Kier molecular flexibility index (Phi) is 10.4. The number of likely N-dealkylation sites (N-methyl/N-ethyl adjacent to an activating group) is 1. The van der Waals surface area contributed by atoms with Gasteiger partial charge in [0.15, 0.2) is 0 Å². The van der Waals surface area contributed by atoms with Crippen LogP contribution in [-0.2, 0) is 32.6 Å². The first kappa shape index (κ1) is 32.0. The molecule has 4 aromatic rings. The fraction of sp³-hybridized carbons (Fsp3) is 0.235. The van der Waals surface area contributed by atoms with Crippen molar-refractivity contribution >= 4 is 43.5 Å². The molecule has 43 heavy (non-hydrogen) atoms. The molecule has 9 heteroatoms. The first-order valence-electron chi connectivity index (χ1n) is 13.9. The number of carbonyl (C=O) groups excluding carboxylic acids is 2. The van der Waals surface area contributed by atoms with Crippen LogP contribution in [0.1, 0.15) is 27.8 Å². The fourth-order valence-electron chi connectivity index (χ4n) is 4.97. The maximum absolute atomic E-state index is 14.4. The summed E-state index contributed by atoms with van der Waals surface area (Å²) in [5.74, 6) is -0.837. The minimum Gasteiger partial charge on any atom is -0.357 e. The Balaban J connectivity index is 1.80. The Morgan fingerprint density at radius 1 is 0.791 bits per heavy atom. The molecule has 0 bridgehead atoms. The fourth-order valence-corrected chi connectivity index (χ4v) is 6.63. The van der Waals surface area contributed by atoms with E-state index in [-0.39, 0.29) is 23.8 Å². The van der Waals surface area contributed by atoms with E-state index >= 15 is 0 Å². The van der Waals surface area contributed by atoms with Crippen molar-refractivity contribution in [3.05, 3.63) is 129 Å². The summed E-state index contributed by atoms with van der Waals surface area (Å²) in [6.45, 7) is 5.28. The van der Waals surface area contributed by atoms with Crippen LogP contribution in [0.5, 0.6) is 0 Å². The maximum Gasteiger partial charge on any atom is 0.264 e. The van der Waals surface area contributed by atoms with E-state index < -0.39 is 28.5 Å². The zero-order valence-corrected chi connectivity index (χ0v) is 27.2. The number of carbonyl (C=O) groups is 2. The first-order valence-corrected chi connectivity index (χ1v) is 16.2. The van der Waals surface area contributed by atoms with Gasteiger partial charge in [0, 0.05) is 24.5 Å². The number of amides is 2. The van der Waals surface area contributed by atoms with Crippen LogP contribution in [0, 0.1) is 20.8 Å². The molecule has 0 radical (unpaired) electrons. The Labute approximate surface area is 262 Å². The summed E-state index contributed by atoms with van der Waals surface area (Å²) < 4.78 is 30.3. The van der Waals surface area contributed by atoms with E-state index in [9.17, 15) is 18.0 Å². The molecule has 0 aliphatic carbocycles. The summed E-state index contributed by atoms with van der Waals surface area (Å²) in [6, 6.07) is 28.1. The van der Waals surface area contributed by atoms with Gasteiger partial charge in [0.05, 0.1) is 10.6 Å². The molecule has 0 aromatic heterocycles. The number of anilines is 1. The van der Waals surface area contributed by atoms with Crippen molar-refractivity contribution in [3.8, 4) is 0 Å². The summed E-state index contributed by atoms with van der Waals surface area (Å²) >= 11 is 3.45. The monoisotopic (exact) mass is 661 g/mol. The normalized spacial score (nSPS) is 11.9. The zero-order valence-electron chi connectivity index (χ0n) is 24.7. The number of rotatable bonds is 11. The number of sulfonamides is 1. The first-order chi connectivity index (χ1) is 20.5. The highest BCUT2D eigenvalue weighted by Gasteiger charge is 2.34. The predicted octanol–water partition coefficient (Wildman–Crippen LogP) is 5.96. The number of aryl methyl sites for hydroxylation is 3. The molecule has 1 N–H and O–H groups in total. The van der Waals surface area contributed by atoms with Crippen molar-refractivity contribution in [2.45, 2.75) is 44.7 Å². The summed E-state index contributed by atoms with van der Waals surface area (Å²) in [4.78, 5) is 29.3. The SMILES string of the molecule is CNC(=O)[C@H](Cc1ccccc1)N(Cc1ccc(Br)cc1)C(=O)CN(c1cc(C)cc(C)c1)S(=O)(=O)c1ccc(C)cc1. The third-order valence-electron chi connectivity index (χ3n) is 7.17. The van der Waals surface area contributed by atoms with Gasteiger partial charge in [-0.25, -0.2) is 8.42 Å². The lowest BCUT2D eigenvalue weighted by atomic mass is 10.0. The lowest BCUT2D eigenvalue weighted by molar-refractivity contribution is -0.139. The Bertz CT molecular complexity index is 1660. The van der Waals surface area contributed by atoms with E-state index in [0.717, 1.165) is 36.6 Å². The Hall–Kier alpha value is -3.95. The second-order valence-electron chi connectivity index (χ2n) is 10.6. The van der Waals surface area contributed by atoms with Gasteiger partial charge in [-0.1, -0.05) is 82.2 Å². The third-order valence-corrected chi connectivity index (χ3v) is 9.48. The number of hydrogen-bond donors (Lipinski definition) is 1. The molecule has 0 aliphatic heterocycles. The van der Waals surface area contributed by atoms with E-state index in [1.165, 1.54) is 11.9 Å². The van der Waals surface area contributed by atoms with Gasteiger partial charge in [0.2, 0.25) is 11.8 Å². The topological polar surface area (TPSA) is 86.8 Å². The predicted molar refractivity (Wildman–Crippen MR) is 174 cm³/mol. The van der Waals surface area contributed by atoms with E-state index in [2.05, 4.69) is 21.2 Å². The van der Waals surface area contributed by atoms with Gasteiger partial charge in [0.25, 0.3) is 10.0 Å². The number of benzene rings is 4. The second-order valence-corrected chi connectivity index (χ2v) is 13.4. The van der Waals surface area contributed by atoms with E-state index in [0.29, 0.717) is 5.69 Å². The number of halogens is 1. The van der Waals surface area contributed by atoms with Crippen LogP contribution < -0.4 is 9.62 Å². The average Bonchev–Trinajstić information content (AvgIpc) is 2.98. The summed E-state index contributed by atoms with van der Waals surface area (Å²) in [7, 11) is -2.61. The molecule has 0 spiro atoms. The molecule has 7 nitrogen and oxygen atoms in total. The van der Waals surface area contributed by atoms with Crippen molar-refractivity contribution in [3.63, 3.8) is 0 Å². The van der Waals surface area contributed by atoms with Gasteiger partial charge in [-0.2, -0.15) is 0 Å². The molecule has 2 amide bonds. The van der Waals surface area contributed by atoms with Crippen LogP contribution in [0.4, 0.5) is 5.69 Å².